The Morgan fingerprint density at radius 2 is 2.24 bits per heavy atom. The van der Waals surface area contributed by atoms with E-state index in [1.807, 2.05) is 0 Å². The zero-order valence-electron chi connectivity index (χ0n) is 13.3. The van der Waals surface area contributed by atoms with Crippen LogP contribution in [-0.4, -0.2) is 34.7 Å². The first-order valence-corrected chi connectivity index (χ1v) is 8.23. The Hall–Kier alpha value is -2.72. The van der Waals surface area contributed by atoms with Crippen molar-refractivity contribution >= 4 is 47.4 Å². The first-order valence-electron chi connectivity index (χ1n) is 7.00. The van der Waals surface area contributed by atoms with Crippen molar-refractivity contribution in [1.82, 2.24) is 4.98 Å². The van der Waals surface area contributed by atoms with Gasteiger partial charge in [0.2, 0.25) is 5.75 Å². The lowest BCUT2D eigenvalue weighted by Crippen LogP contribution is -2.23. The van der Waals surface area contributed by atoms with Gasteiger partial charge >= 0.3 is 11.7 Å². The van der Waals surface area contributed by atoms with Crippen LogP contribution in [0, 0.1) is 14.1 Å². The second kappa shape index (κ2) is 7.90. The number of methoxy groups -OCH3 is 1. The fourth-order valence-electron chi connectivity index (χ4n) is 2.01. The van der Waals surface area contributed by atoms with E-state index < -0.39 is 22.3 Å². The van der Waals surface area contributed by atoms with E-state index in [9.17, 15) is 20.0 Å². The van der Waals surface area contributed by atoms with Gasteiger partial charge in [0.05, 0.1) is 28.5 Å². The summed E-state index contributed by atoms with van der Waals surface area (Å²) in [5.41, 5.74) is -0.0780. The second-order valence-electron chi connectivity index (χ2n) is 4.68. The quantitative estimate of drug-likeness (QED) is 0.349. The summed E-state index contributed by atoms with van der Waals surface area (Å²) in [6.45, 7) is 1.93. The Kier molecular flexibility index (Phi) is 5.88. The zero-order chi connectivity index (χ0) is 18.6. The monoisotopic (exact) mass is 382 g/mol. The number of aromatic nitrogens is 1. The van der Waals surface area contributed by atoms with Crippen LogP contribution in [0.1, 0.15) is 12.5 Å². The maximum atomic E-state index is 11.6. The molecule has 2 aromatic rings. The molecule has 0 amide bonds. The molecule has 0 spiro atoms. The number of hydrogen-bond acceptors (Lipinski definition) is 8. The topological polar surface area (TPSA) is 115 Å². The Morgan fingerprint density at radius 3 is 2.84 bits per heavy atom. The summed E-state index contributed by atoms with van der Waals surface area (Å²) in [6, 6.07) is 2.65. The van der Waals surface area contributed by atoms with Crippen molar-refractivity contribution in [2.24, 2.45) is 0 Å². The highest BCUT2D eigenvalue weighted by atomic mass is 32.1. The van der Waals surface area contributed by atoms with Gasteiger partial charge in [-0.25, -0.2) is 4.79 Å². The van der Waals surface area contributed by atoms with Crippen LogP contribution in [0.5, 0.6) is 11.5 Å². The number of esters is 1. The van der Waals surface area contributed by atoms with Crippen LogP contribution in [0.15, 0.2) is 12.1 Å². The molecule has 0 aliphatic carbocycles. The van der Waals surface area contributed by atoms with Gasteiger partial charge in [-0.05, 0) is 36.8 Å². The predicted octanol–water partition coefficient (Wildman–Crippen LogP) is 1.60. The maximum absolute atomic E-state index is 11.6. The van der Waals surface area contributed by atoms with Crippen molar-refractivity contribution in [3.8, 4) is 11.5 Å². The molecule has 2 rings (SSSR count). The summed E-state index contributed by atoms with van der Waals surface area (Å²) in [5, 5.41) is 21.3. The molecule has 132 valence electrons. The fraction of sp³-hybridized carbons (Fsp3) is 0.200. The SMILES string of the molecule is CCOC(=O)/C=c1\[nH]c(=S)s\c1=C/c1cc(OC)c(O)c([N+](=O)[O-])c1. The number of thiazole rings is 1. The summed E-state index contributed by atoms with van der Waals surface area (Å²) < 4.78 is 10.8. The van der Waals surface area contributed by atoms with E-state index in [0.29, 0.717) is 19.4 Å². The largest absolute Gasteiger partial charge is 0.500 e. The Balaban J connectivity index is 2.66. The number of nitrogens with zero attached hydrogens (tertiary/aromatic N) is 1. The molecule has 0 bridgehead atoms. The molecular formula is C15H14N2O6S2. The summed E-state index contributed by atoms with van der Waals surface area (Å²) in [7, 11) is 1.29. The van der Waals surface area contributed by atoms with Gasteiger partial charge in [0.15, 0.2) is 9.70 Å². The van der Waals surface area contributed by atoms with E-state index in [1.165, 1.54) is 36.7 Å². The number of rotatable bonds is 5. The molecule has 0 atom stereocenters. The van der Waals surface area contributed by atoms with Crippen LogP contribution < -0.4 is 14.6 Å². The van der Waals surface area contributed by atoms with Crippen LogP contribution in [0.3, 0.4) is 0 Å². The number of nitro benzene ring substituents is 1. The van der Waals surface area contributed by atoms with Gasteiger partial charge in [-0.1, -0.05) is 0 Å². The van der Waals surface area contributed by atoms with E-state index in [2.05, 4.69) is 4.98 Å². The number of nitro groups is 1. The van der Waals surface area contributed by atoms with Crippen molar-refractivity contribution in [2.45, 2.75) is 6.92 Å². The minimum absolute atomic E-state index is 0.0319. The molecule has 2 N–H and O–H groups in total. The highest BCUT2D eigenvalue weighted by molar-refractivity contribution is 7.73. The first kappa shape index (κ1) is 18.6. The van der Waals surface area contributed by atoms with Gasteiger partial charge in [0.25, 0.3) is 0 Å². The lowest BCUT2D eigenvalue weighted by atomic mass is 10.1. The molecule has 1 aromatic carbocycles. The smallest absolute Gasteiger partial charge is 0.332 e. The summed E-state index contributed by atoms with van der Waals surface area (Å²) in [5.74, 6) is -1.12. The standard InChI is InChI=1S/C15H14N2O6S2/c1-3-23-13(18)7-9-12(25-15(24)16-9)6-8-4-10(17(20)21)14(19)11(5-8)22-2/h4-7,19H,3H2,1-2H3,(H,16,24)/b9-7-,12-6-. The van der Waals surface area contributed by atoms with E-state index in [0.717, 1.165) is 0 Å². The van der Waals surface area contributed by atoms with Crippen molar-refractivity contribution in [3.63, 3.8) is 0 Å². The van der Waals surface area contributed by atoms with Crippen molar-refractivity contribution < 1.29 is 24.3 Å². The van der Waals surface area contributed by atoms with Crippen LogP contribution in [0.2, 0.25) is 0 Å². The number of H-pyrrole nitrogens is 1. The predicted molar refractivity (Wildman–Crippen MR) is 94.7 cm³/mol. The van der Waals surface area contributed by atoms with Gasteiger partial charge in [0.1, 0.15) is 0 Å². The van der Waals surface area contributed by atoms with Gasteiger partial charge < -0.3 is 19.6 Å². The number of carbonyl (C=O) groups excluding carboxylic acids is 1. The minimum atomic E-state index is -0.708. The molecule has 0 unspecified atom stereocenters. The van der Waals surface area contributed by atoms with E-state index in [4.69, 9.17) is 21.7 Å². The number of nitrogens with one attached hydrogen (secondary N) is 1. The lowest BCUT2D eigenvalue weighted by Gasteiger charge is -2.05. The summed E-state index contributed by atoms with van der Waals surface area (Å²) >= 11 is 6.28. The third kappa shape index (κ3) is 4.43. The van der Waals surface area contributed by atoms with Gasteiger partial charge in [-0.2, -0.15) is 0 Å². The molecule has 0 aliphatic rings. The van der Waals surface area contributed by atoms with Crippen LogP contribution >= 0.6 is 23.6 Å². The van der Waals surface area contributed by atoms with Gasteiger partial charge in [-0.3, -0.25) is 10.1 Å². The van der Waals surface area contributed by atoms with Crippen LogP contribution in [0.25, 0.3) is 12.2 Å². The Morgan fingerprint density at radius 1 is 1.52 bits per heavy atom. The highest BCUT2D eigenvalue weighted by Crippen LogP contribution is 2.36. The number of benzene rings is 1. The molecule has 0 aliphatic heterocycles. The van der Waals surface area contributed by atoms with E-state index in [-0.39, 0.29) is 12.4 Å². The number of phenolic OH excluding ortho intramolecular Hbond substituents is 1. The number of ether oxygens (including phenoxy) is 2. The van der Waals surface area contributed by atoms with Crippen molar-refractivity contribution in [3.05, 3.63) is 41.6 Å². The van der Waals surface area contributed by atoms with E-state index >= 15 is 0 Å². The fourth-order valence-corrected chi connectivity index (χ4v) is 3.17. The minimum Gasteiger partial charge on any atom is -0.500 e. The molecule has 0 fully saturated rings. The molecule has 8 nitrogen and oxygen atoms in total. The molecule has 10 heteroatoms. The van der Waals surface area contributed by atoms with Crippen LogP contribution in [-0.2, 0) is 9.53 Å². The molecule has 0 saturated heterocycles. The average Bonchev–Trinajstić information content (AvgIpc) is 2.87. The van der Waals surface area contributed by atoms with Gasteiger partial charge in [0, 0.05) is 12.1 Å². The number of phenols is 1. The number of hydrogen-bond donors (Lipinski definition) is 2. The maximum Gasteiger partial charge on any atom is 0.332 e. The highest BCUT2D eigenvalue weighted by Gasteiger charge is 2.19. The molecule has 1 heterocycles. The number of aromatic hydroxyl groups is 1. The first-order chi connectivity index (χ1) is 11.8. The summed E-state index contributed by atoms with van der Waals surface area (Å²) in [6.07, 6.45) is 2.85. The number of carbonyl (C=O) groups is 1. The molecule has 0 radical (unpaired) electrons. The Labute approximate surface area is 150 Å². The van der Waals surface area contributed by atoms with Crippen LogP contribution in [0.4, 0.5) is 5.69 Å². The lowest BCUT2D eigenvalue weighted by molar-refractivity contribution is -0.386. The molecule has 25 heavy (non-hydrogen) atoms. The normalized spacial score (nSPS) is 12.2. The third-order valence-corrected chi connectivity index (χ3v) is 4.24. The van der Waals surface area contributed by atoms with Gasteiger partial charge in [-0.15, -0.1) is 11.3 Å². The average molecular weight is 382 g/mol. The number of aromatic amines is 1. The third-order valence-electron chi connectivity index (χ3n) is 3.05. The Bertz CT molecular complexity index is 992. The molecular weight excluding hydrogens is 368 g/mol. The second-order valence-corrected chi connectivity index (χ2v) is 6.40. The molecule has 0 saturated carbocycles. The summed E-state index contributed by atoms with van der Waals surface area (Å²) in [4.78, 5) is 24.9. The zero-order valence-corrected chi connectivity index (χ0v) is 14.9. The van der Waals surface area contributed by atoms with Crippen molar-refractivity contribution in [2.75, 3.05) is 13.7 Å². The molecule has 1 aromatic heterocycles. The van der Waals surface area contributed by atoms with E-state index in [1.54, 1.807) is 13.0 Å². The van der Waals surface area contributed by atoms with Crippen molar-refractivity contribution in [1.29, 1.82) is 0 Å².